The Morgan fingerprint density at radius 1 is 1.20 bits per heavy atom. The lowest BCUT2D eigenvalue weighted by Gasteiger charge is -2.36. The molecule has 2 amide bonds. The van der Waals surface area contributed by atoms with Crippen LogP contribution < -0.4 is 4.74 Å². The number of hydrogen-bond donors (Lipinski definition) is 0. The highest BCUT2D eigenvalue weighted by atomic mass is 16.6. The van der Waals surface area contributed by atoms with E-state index in [1.807, 2.05) is 24.3 Å². The van der Waals surface area contributed by atoms with Gasteiger partial charge in [0.1, 0.15) is 11.4 Å². The lowest BCUT2D eigenvalue weighted by Crippen LogP contribution is -2.51. The summed E-state index contributed by atoms with van der Waals surface area (Å²) in [5.74, 6) is 0.702. The number of likely N-dealkylation sites (N-methyl/N-ethyl adjacent to an activating group) is 1. The molecule has 2 aliphatic heterocycles. The Labute approximate surface area is 145 Å². The molecule has 128 valence electrons. The highest BCUT2D eigenvalue weighted by Gasteiger charge is 2.59. The zero-order chi connectivity index (χ0) is 17.7. The van der Waals surface area contributed by atoms with Crippen LogP contribution in [0.3, 0.4) is 0 Å². The SMILES string of the molecule is COc1ccc(C[C@@]23OC4(C=CC(=O)C=C4)CC2=NC(=O)N3C)cc1. The van der Waals surface area contributed by atoms with Crippen LogP contribution in [0.1, 0.15) is 12.0 Å². The first kappa shape index (κ1) is 15.8. The Kier molecular flexibility index (Phi) is 3.40. The maximum Gasteiger partial charge on any atom is 0.345 e. The van der Waals surface area contributed by atoms with Gasteiger partial charge in [0.05, 0.1) is 12.8 Å². The van der Waals surface area contributed by atoms with Crippen LogP contribution in [0.5, 0.6) is 5.75 Å². The van der Waals surface area contributed by atoms with Gasteiger partial charge in [-0.05, 0) is 42.0 Å². The molecule has 0 aromatic heterocycles. The fraction of sp³-hybridized carbons (Fsp3) is 0.316. The van der Waals surface area contributed by atoms with Crippen molar-refractivity contribution in [3.8, 4) is 5.75 Å². The van der Waals surface area contributed by atoms with E-state index in [9.17, 15) is 9.59 Å². The van der Waals surface area contributed by atoms with Gasteiger partial charge in [-0.3, -0.25) is 9.69 Å². The lowest BCUT2D eigenvalue weighted by atomic mass is 9.91. The topological polar surface area (TPSA) is 68.2 Å². The normalized spacial score (nSPS) is 26.3. The molecule has 1 spiro atoms. The van der Waals surface area contributed by atoms with Gasteiger partial charge < -0.3 is 9.47 Å². The number of benzene rings is 1. The Hall–Kier alpha value is -2.73. The van der Waals surface area contributed by atoms with E-state index >= 15 is 0 Å². The maximum atomic E-state index is 12.2. The van der Waals surface area contributed by atoms with E-state index in [0.717, 1.165) is 11.3 Å². The fourth-order valence-electron chi connectivity index (χ4n) is 3.56. The minimum atomic E-state index is -0.930. The number of nitrogens with zero attached hydrogens (tertiary/aromatic N) is 2. The van der Waals surface area contributed by atoms with Crippen molar-refractivity contribution in [3.63, 3.8) is 0 Å². The molecule has 1 aromatic carbocycles. The first-order chi connectivity index (χ1) is 12.0. The molecule has 25 heavy (non-hydrogen) atoms. The molecule has 3 aliphatic rings. The summed E-state index contributed by atoms with van der Waals surface area (Å²) in [4.78, 5) is 29.4. The molecular weight excluding hydrogens is 320 g/mol. The first-order valence-corrected chi connectivity index (χ1v) is 8.08. The van der Waals surface area contributed by atoms with Crippen molar-refractivity contribution < 1.29 is 19.1 Å². The second kappa shape index (κ2) is 5.39. The van der Waals surface area contributed by atoms with Crippen LogP contribution in [0.2, 0.25) is 0 Å². The summed E-state index contributed by atoms with van der Waals surface area (Å²) in [6.07, 6.45) is 7.46. The van der Waals surface area contributed by atoms with Crippen molar-refractivity contribution in [3.05, 3.63) is 54.1 Å². The zero-order valence-corrected chi connectivity index (χ0v) is 14.1. The number of amides is 2. The van der Waals surface area contributed by atoms with E-state index in [1.54, 1.807) is 31.2 Å². The van der Waals surface area contributed by atoms with Crippen molar-refractivity contribution in [1.29, 1.82) is 0 Å². The molecule has 0 bridgehead atoms. The molecule has 4 rings (SSSR count). The highest BCUT2D eigenvalue weighted by Crippen LogP contribution is 2.45. The number of rotatable bonds is 3. The van der Waals surface area contributed by atoms with E-state index in [-0.39, 0.29) is 11.8 Å². The van der Waals surface area contributed by atoms with Crippen LogP contribution in [-0.2, 0) is 16.0 Å². The summed E-state index contributed by atoms with van der Waals surface area (Å²) < 4.78 is 11.6. The molecule has 6 heteroatoms. The van der Waals surface area contributed by atoms with Crippen LogP contribution in [0.15, 0.2) is 53.6 Å². The molecule has 6 nitrogen and oxygen atoms in total. The molecule has 0 saturated carbocycles. The summed E-state index contributed by atoms with van der Waals surface area (Å²) in [6, 6.07) is 7.35. The molecule has 0 radical (unpaired) electrons. The van der Waals surface area contributed by atoms with Gasteiger partial charge in [0.25, 0.3) is 0 Å². The Morgan fingerprint density at radius 3 is 2.52 bits per heavy atom. The predicted octanol–water partition coefficient (Wildman–Crippen LogP) is 2.29. The van der Waals surface area contributed by atoms with Crippen molar-refractivity contribution in [1.82, 2.24) is 4.90 Å². The summed E-state index contributed by atoms with van der Waals surface area (Å²) in [5.41, 5.74) is 0.0426. The molecule has 1 aromatic rings. The number of carbonyl (C=O) groups is 2. The molecule has 1 aliphatic carbocycles. The van der Waals surface area contributed by atoms with Gasteiger partial charge in [-0.1, -0.05) is 12.1 Å². The van der Waals surface area contributed by atoms with Crippen LogP contribution >= 0.6 is 0 Å². The summed E-state index contributed by atoms with van der Waals surface area (Å²) >= 11 is 0. The first-order valence-electron chi connectivity index (χ1n) is 8.08. The third-order valence-electron chi connectivity index (χ3n) is 4.98. The van der Waals surface area contributed by atoms with E-state index in [2.05, 4.69) is 4.99 Å². The third-order valence-corrected chi connectivity index (χ3v) is 4.98. The number of hydrogen-bond acceptors (Lipinski definition) is 4. The summed E-state index contributed by atoms with van der Waals surface area (Å²) in [5, 5.41) is 0. The van der Waals surface area contributed by atoms with Crippen LogP contribution in [-0.4, -0.2) is 47.9 Å². The molecule has 0 N–H and O–H groups in total. The molecule has 1 saturated heterocycles. The standard InChI is InChI=1S/C19H18N2O4/c1-21-17(23)20-16-12-18(9-7-14(22)8-10-18)25-19(16,21)11-13-3-5-15(24-2)6-4-13/h3-10H,11-12H2,1-2H3/t19-/m1/s1. The summed E-state index contributed by atoms with van der Waals surface area (Å²) in [6.45, 7) is 0. The number of ketones is 1. The lowest BCUT2D eigenvalue weighted by molar-refractivity contribution is -0.113. The summed E-state index contributed by atoms with van der Waals surface area (Å²) in [7, 11) is 3.32. The van der Waals surface area contributed by atoms with Crippen LogP contribution in [0, 0.1) is 0 Å². The van der Waals surface area contributed by atoms with Gasteiger partial charge >= 0.3 is 6.03 Å². The quantitative estimate of drug-likeness (QED) is 0.848. The van der Waals surface area contributed by atoms with Gasteiger partial charge in [0.15, 0.2) is 11.5 Å². The van der Waals surface area contributed by atoms with E-state index < -0.39 is 11.3 Å². The zero-order valence-electron chi connectivity index (χ0n) is 14.1. The maximum absolute atomic E-state index is 12.2. The predicted molar refractivity (Wildman–Crippen MR) is 91.7 cm³/mol. The number of allylic oxidation sites excluding steroid dienone is 2. The Morgan fingerprint density at radius 2 is 1.88 bits per heavy atom. The van der Waals surface area contributed by atoms with Crippen LogP contribution in [0.4, 0.5) is 4.79 Å². The second-order valence-electron chi connectivity index (χ2n) is 6.51. The average Bonchev–Trinajstić information content (AvgIpc) is 3.02. The number of aliphatic imine (C=N–C) groups is 1. The average molecular weight is 338 g/mol. The second-order valence-corrected chi connectivity index (χ2v) is 6.51. The van der Waals surface area contributed by atoms with Gasteiger partial charge in [-0.25, -0.2) is 4.79 Å². The monoisotopic (exact) mass is 338 g/mol. The number of fused-ring (bicyclic) bond motifs is 1. The Bertz CT molecular complexity index is 821. The van der Waals surface area contributed by atoms with Crippen LogP contribution in [0.25, 0.3) is 0 Å². The fourth-order valence-corrected chi connectivity index (χ4v) is 3.56. The Balaban J connectivity index is 1.70. The van der Waals surface area contributed by atoms with Gasteiger partial charge in [0, 0.05) is 19.9 Å². The number of carbonyl (C=O) groups excluding carboxylic acids is 2. The largest absolute Gasteiger partial charge is 0.497 e. The third kappa shape index (κ3) is 2.41. The van der Waals surface area contributed by atoms with E-state index in [0.29, 0.717) is 18.6 Å². The van der Waals surface area contributed by atoms with E-state index in [4.69, 9.17) is 9.47 Å². The number of methoxy groups -OCH3 is 1. The number of urea groups is 1. The minimum absolute atomic E-state index is 0.0677. The molecule has 1 atom stereocenters. The van der Waals surface area contributed by atoms with Crippen molar-refractivity contribution in [2.75, 3.05) is 14.2 Å². The van der Waals surface area contributed by atoms with E-state index in [1.165, 1.54) is 12.2 Å². The highest BCUT2D eigenvalue weighted by molar-refractivity contribution is 6.09. The molecular formula is C19H18N2O4. The van der Waals surface area contributed by atoms with Gasteiger partial charge in [-0.2, -0.15) is 4.99 Å². The van der Waals surface area contributed by atoms with Crippen molar-refractivity contribution in [2.45, 2.75) is 24.2 Å². The minimum Gasteiger partial charge on any atom is -0.497 e. The van der Waals surface area contributed by atoms with Crippen molar-refractivity contribution >= 4 is 17.5 Å². The molecule has 0 unspecified atom stereocenters. The molecule has 2 heterocycles. The smallest absolute Gasteiger partial charge is 0.345 e. The van der Waals surface area contributed by atoms with Gasteiger partial charge in [0.2, 0.25) is 0 Å². The van der Waals surface area contributed by atoms with Crippen molar-refractivity contribution in [2.24, 2.45) is 4.99 Å². The van der Waals surface area contributed by atoms with Gasteiger partial charge in [-0.15, -0.1) is 0 Å². The molecule has 1 fully saturated rings. The number of ether oxygens (including phenoxy) is 2.